The van der Waals surface area contributed by atoms with E-state index in [1.165, 1.54) is 21.3 Å². The number of carbonyl (C=O) groups is 1. The van der Waals surface area contributed by atoms with Crippen LogP contribution in [0.4, 0.5) is 0 Å². The van der Waals surface area contributed by atoms with Crippen molar-refractivity contribution in [3.8, 4) is 17.2 Å². The molecule has 0 saturated heterocycles. The summed E-state index contributed by atoms with van der Waals surface area (Å²) in [7, 11) is 4.44. The van der Waals surface area contributed by atoms with E-state index in [-0.39, 0.29) is 12.5 Å². The van der Waals surface area contributed by atoms with Crippen molar-refractivity contribution in [2.75, 3.05) is 27.9 Å². The van der Waals surface area contributed by atoms with Crippen LogP contribution in [0.3, 0.4) is 0 Å². The van der Waals surface area contributed by atoms with Gasteiger partial charge in [-0.1, -0.05) is 0 Å². The zero-order valence-electron chi connectivity index (χ0n) is 12.7. The highest BCUT2D eigenvalue weighted by atomic mass is 79.9. The van der Waals surface area contributed by atoms with Gasteiger partial charge in [-0.3, -0.25) is 4.79 Å². The lowest BCUT2D eigenvalue weighted by atomic mass is 10.1. The largest absolute Gasteiger partial charge is 0.493 e. The van der Waals surface area contributed by atoms with E-state index in [1.54, 1.807) is 19.9 Å². The molecule has 1 aromatic rings. The summed E-state index contributed by atoms with van der Waals surface area (Å²) in [6.07, 6.45) is 0. The SMILES string of the molecule is COc1cc(C(=O)NC(C)(C)CO)c(Br)c(OC)c1OC. The van der Waals surface area contributed by atoms with Crippen LogP contribution in [-0.2, 0) is 0 Å². The number of carbonyl (C=O) groups excluding carboxylic acids is 1. The lowest BCUT2D eigenvalue weighted by molar-refractivity contribution is 0.0867. The molecule has 0 aliphatic carbocycles. The fourth-order valence-electron chi connectivity index (χ4n) is 1.70. The van der Waals surface area contributed by atoms with Gasteiger partial charge in [0.1, 0.15) is 0 Å². The Balaban J connectivity index is 3.34. The Morgan fingerprint density at radius 1 is 1.24 bits per heavy atom. The Morgan fingerprint density at radius 2 is 1.81 bits per heavy atom. The second-order valence-electron chi connectivity index (χ2n) is 5.00. The van der Waals surface area contributed by atoms with Gasteiger partial charge < -0.3 is 24.6 Å². The smallest absolute Gasteiger partial charge is 0.253 e. The molecule has 0 aliphatic rings. The zero-order valence-corrected chi connectivity index (χ0v) is 14.3. The van der Waals surface area contributed by atoms with Crippen LogP contribution in [0.25, 0.3) is 0 Å². The first-order valence-electron chi connectivity index (χ1n) is 6.23. The number of ether oxygens (including phenoxy) is 3. The highest BCUT2D eigenvalue weighted by Crippen LogP contribution is 2.44. The molecule has 0 heterocycles. The number of nitrogens with one attached hydrogen (secondary N) is 1. The Hall–Kier alpha value is -1.47. The molecule has 7 heteroatoms. The molecular weight excluding hydrogens is 342 g/mol. The van der Waals surface area contributed by atoms with Crippen molar-refractivity contribution in [3.63, 3.8) is 0 Å². The summed E-state index contributed by atoms with van der Waals surface area (Å²) >= 11 is 3.34. The molecule has 0 aromatic heterocycles. The minimum Gasteiger partial charge on any atom is -0.493 e. The summed E-state index contributed by atoms with van der Waals surface area (Å²) < 4.78 is 16.2. The fraction of sp³-hybridized carbons (Fsp3) is 0.500. The van der Waals surface area contributed by atoms with Crippen molar-refractivity contribution in [3.05, 3.63) is 16.1 Å². The number of amides is 1. The number of hydrogen-bond donors (Lipinski definition) is 2. The molecule has 0 aliphatic heterocycles. The average Bonchev–Trinajstić information content (AvgIpc) is 2.45. The fourth-order valence-corrected chi connectivity index (χ4v) is 2.34. The van der Waals surface area contributed by atoms with Gasteiger partial charge in [0.25, 0.3) is 5.91 Å². The number of methoxy groups -OCH3 is 3. The Bertz CT molecular complexity index is 531. The van der Waals surface area contributed by atoms with Crippen molar-refractivity contribution in [2.45, 2.75) is 19.4 Å². The molecule has 0 radical (unpaired) electrons. The van der Waals surface area contributed by atoms with Crippen LogP contribution in [-0.4, -0.2) is 44.5 Å². The number of rotatable bonds is 6. The maximum absolute atomic E-state index is 12.4. The van der Waals surface area contributed by atoms with Gasteiger partial charge in [-0.2, -0.15) is 0 Å². The maximum Gasteiger partial charge on any atom is 0.253 e. The molecule has 0 bridgehead atoms. The second-order valence-corrected chi connectivity index (χ2v) is 5.80. The van der Waals surface area contributed by atoms with Crippen molar-refractivity contribution in [1.29, 1.82) is 0 Å². The van der Waals surface area contributed by atoms with Crippen LogP contribution in [0.15, 0.2) is 10.5 Å². The lowest BCUT2D eigenvalue weighted by Gasteiger charge is -2.24. The molecule has 0 fully saturated rings. The standard InChI is InChI=1S/C14H20BrNO5/c1-14(2,7-17)16-13(18)8-6-9(19-3)11(20-4)12(21-5)10(8)15/h6,17H,7H2,1-5H3,(H,16,18). The van der Waals surface area contributed by atoms with Gasteiger partial charge in [-0.15, -0.1) is 0 Å². The molecule has 2 N–H and O–H groups in total. The zero-order chi connectivity index (χ0) is 16.2. The minimum atomic E-state index is -0.739. The van der Waals surface area contributed by atoms with E-state index < -0.39 is 5.54 Å². The van der Waals surface area contributed by atoms with E-state index in [1.807, 2.05) is 0 Å². The van der Waals surface area contributed by atoms with Crippen molar-refractivity contribution in [1.82, 2.24) is 5.32 Å². The molecule has 1 amide bonds. The van der Waals surface area contributed by atoms with Gasteiger partial charge in [0.15, 0.2) is 11.5 Å². The summed E-state index contributed by atoms with van der Waals surface area (Å²) in [5, 5.41) is 12.0. The number of hydrogen-bond acceptors (Lipinski definition) is 5. The van der Waals surface area contributed by atoms with Crippen LogP contribution in [0, 0.1) is 0 Å². The predicted molar refractivity (Wildman–Crippen MR) is 82.4 cm³/mol. The number of benzene rings is 1. The van der Waals surface area contributed by atoms with E-state index in [9.17, 15) is 9.90 Å². The lowest BCUT2D eigenvalue weighted by Crippen LogP contribution is -2.46. The van der Waals surface area contributed by atoms with Crippen molar-refractivity contribution in [2.24, 2.45) is 0 Å². The van der Waals surface area contributed by atoms with Gasteiger partial charge in [-0.05, 0) is 35.8 Å². The number of aliphatic hydroxyl groups excluding tert-OH is 1. The van der Waals surface area contributed by atoms with Crippen LogP contribution >= 0.6 is 15.9 Å². The van der Waals surface area contributed by atoms with E-state index in [4.69, 9.17) is 14.2 Å². The highest BCUT2D eigenvalue weighted by Gasteiger charge is 2.26. The van der Waals surface area contributed by atoms with E-state index in [0.717, 1.165) is 0 Å². The van der Waals surface area contributed by atoms with Gasteiger partial charge in [0, 0.05) is 0 Å². The molecular formula is C14H20BrNO5. The Morgan fingerprint density at radius 3 is 2.24 bits per heavy atom. The third kappa shape index (κ3) is 3.79. The molecule has 118 valence electrons. The number of halogens is 1. The molecule has 1 aromatic carbocycles. The first-order chi connectivity index (χ1) is 9.81. The molecule has 21 heavy (non-hydrogen) atoms. The van der Waals surface area contributed by atoms with Gasteiger partial charge >= 0.3 is 0 Å². The predicted octanol–water partition coefficient (Wildman–Crippen LogP) is 1.98. The first-order valence-corrected chi connectivity index (χ1v) is 7.02. The molecule has 0 atom stereocenters. The normalized spacial score (nSPS) is 11.0. The Kier molecular flexibility index (Phi) is 5.86. The summed E-state index contributed by atoms with van der Waals surface area (Å²) in [6.45, 7) is 3.26. The van der Waals surface area contributed by atoms with Gasteiger partial charge in [0.2, 0.25) is 5.75 Å². The maximum atomic E-state index is 12.4. The highest BCUT2D eigenvalue weighted by molar-refractivity contribution is 9.10. The quantitative estimate of drug-likeness (QED) is 0.809. The molecule has 0 spiro atoms. The van der Waals surface area contributed by atoms with Crippen molar-refractivity contribution < 1.29 is 24.1 Å². The van der Waals surface area contributed by atoms with E-state index in [0.29, 0.717) is 27.3 Å². The number of aliphatic hydroxyl groups is 1. The van der Waals surface area contributed by atoms with Crippen LogP contribution < -0.4 is 19.5 Å². The van der Waals surface area contributed by atoms with Gasteiger partial charge in [-0.25, -0.2) is 0 Å². The van der Waals surface area contributed by atoms with Gasteiger partial charge in [0.05, 0.1) is 43.5 Å². The third-order valence-electron chi connectivity index (χ3n) is 2.86. The Labute approximate surface area is 132 Å². The second kappa shape index (κ2) is 7.00. The molecule has 6 nitrogen and oxygen atoms in total. The summed E-state index contributed by atoms with van der Waals surface area (Å²) in [4.78, 5) is 12.4. The molecule has 0 saturated carbocycles. The van der Waals surface area contributed by atoms with Crippen molar-refractivity contribution >= 4 is 21.8 Å². The third-order valence-corrected chi connectivity index (χ3v) is 3.65. The first kappa shape index (κ1) is 17.6. The van der Waals surface area contributed by atoms with E-state index >= 15 is 0 Å². The van der Waals surface area contributed by atoms with E-state index in [2.05, 4.69) is 21.2 Å². The van der Waals surface area contributed by atoms with Crippen LogP contribution in [0.2, 0.25) is 0 Å². The van der Waals surface area contributed by atoms with Crippen LogP contribution in [0.5, 0.6) is 17.2 Å². The summed E-state index contributed by atoms with van der Waals surface area (Å²) in [5.41, 5.74) is -0.414. The summed E-state index contributed by atoms with van der Waals surface area (Å²) in [5.74, 6) is 0.776. The molecule has 1 rings (SSSR count). The molecule has 0 unspecified atom stereocenters. The minimum absolute atomic E-state index is 0.180. The van der Waals surface area contributed by atoms with Crippen LogP contribution in [0.1, 0.15) is 24.2 Å². The monoisotopic (exact) mass is 361 g/mol. The average molecular weight is 362 g/mol. The summed E-state index contributed by atoms with van der Waals surface area (Å²) in [6, 6.07) is 1.55. The topological polar surface area (TPSA) is 77.0 Å².